The number of nitrogens with zero attached hydrogens (tertiary/aromatic N) is 4. The largest absolute Gasteiger partial charge is 0.339 e. The van der Waals surface area contributed by atoms with Crippen molar-refractivity contribution in [3.8, 4) is 0 Å². The highest BCUT2D eigenvalue weighted by atomic mass is 32.2. The second-order valence-corrected chi connectivity index (χ2v) is 10.1. The third-order valence-corrected chi connectivity index (χ3v) is 8.13. The van der Waals surface area contributed by atoms with Gasteiger partial charge in [0.05, 0.1) is 20.5 Å². The Hall–Kier alpha value is -2.26. The van der Waals surface area contributed by atoms with Gasteiger partial charge in [0.15, 0.2) is 0 Å². The van der Waals surface area contributed by atoms with Crippen LogP contribution in [0, 0.1) is 6.92 Å². The van der Waals surface area contributed by atoms with Crippen LogP contribution >= 0.6 is 11.3 Å². The average molecular weight is 405 g/mol. The molecule has 0 N–H and O–H groups in total. The number of aryl methyl sites for hydroxylation is 2. The van der Waals surface area contributed by atoms with Crippen molar-refractivity contribution in [1.82, 2.24) is 19.4 Å². The second-order valence-electron chi connectivity index (χ2n) is 6.77. The summed E-state index contributed by atoms with van der Waals surface area (Å²) in [6.45, 7) is 2.79. The van der Waals surface area contributed by atoms with Crippen molar-refractivity contribution in [3.05, 3.63) is 41.2 Å². The quantitative estimate of drug-likeness (QED) is 0.669. The molecule has 0 spiro atoms. The molecule has 9 heteroatoms. The van der Waals surface area contributed by atoms with Gasteiger partial charge < -0.3 is 9.47 Å². The number of aromatic nitrogens is 3. The number of likely N-dealkylation sites (tertiary alicyclic amines) is 1. The Morgan fingerprint density at radius 2 is 2.00 bits per heavy atom. The highest BCUT2D eigenvalue weighted by molar-refractivity contribution is 7.91. The summed E-state index contributed by atoms with van der Waals surface area (Å²) >= 11 is 1.56. The Morgan fingerprint density at radius 1 is 1.26 bits per heavy atom. The Balaban J connectivity index is 1.48. The molecule has 0 saturated carbocycles. The molecule has 0 bridgehead atoms. The molecular formula is C18H20N4O3S2. The van der Waals surface area contributed by atoms with E-state index in [1.807, 2.05) is 19.1 Å². The lowest BCUT2D eigenvalue weighted by Crippen LogP contribution is -2.42. The summed E-state index contributed by atoms with van der Waals surface area (Å²) < 4.78 is 28.1. The fourth-order valence-corrected chi connectivity index (χ4v) is 6.17. The minimum atomic E-state index is -3.48. The van der Waals surface area contributed by atoms with Crippen LogP contribution in [-0.2, 0) is 16.9 Å². The topological polar surface area (TPSA) is 85.2 Å². The zero-order valence-corrected chi connectivity index (χ0v) is 16.8. The number of rotatable bonds is 3. The van der Waals surface area contributed by atoms with Crippen molar-refractivity contribution in [3.63, 3.8) is 0 Å². The number of hydrogen-bond acceptors (Lipinski definition) is 6. The maximum absolute atomic E-state index is 12.8. The molecule has 27 heavy (non-hydrogen) atoms. The van der Waals surface area contributed by atoms with Gasteiger partial charge in [-0.05, 0) is 38.0 Å². The molecule has 1 saturated heterocycles. The minimum absolute atomic E-state index is 0.0595. The monoisotopic (exact) mass is 404 g/mol. The van der Waals surface area contributed by atoms with Crippen molar-refractivity contribution in [2.24, 2.45) is 7.05 Å². The van der Waals surface area contributed by atoms with Crippen LogP contribution < -0.4 is 0 Å². The first kappa shape index (κ1) is 18.1. The molecule has 3 aromatic rings. The van der Waals surface area contributed by atoms with Gasteiger partial charge in [-0.25, -0.2) is 18.4 Å². The third-order valence-electron chi connectivity index (χ3n) is 4.94. The van der Waals surface area contributed by atoms with Crippen molar-refractivity contribution in [1.29, 1.82) is 0 Å². The first-order valence-corrected chi connectivity index (χ1v) is 11.1. The van der Waals surface area contributed by atoms with E-state index in [0.717, 1.165) is 15.2 Å². The summed E-state index contributed by atoms with van der Waals surface area (Å²) in [5.41, 5.74) is 1.52. The number of amides is 1. The molecule has 1 amide bonds. The highest BCUT2D eigenvalue weighted by Crippen LogP contribution is 2.26. The molecule has 0 aliphatic carbocycles. The molecule has 0 atom stereocenters. The van der Waals surface area contributed by atoms with E-state index < -0.39 is 15.1 Å². The molecule has 1 fully saturated rings. The normalized spacial score (nSPS) is 16.1. The van der Waals surface area contributed by atoms with Gasteiger partial charge in [-0.15, -0.1) is 11.3 Å². The van der Waals surface area contributed by atoms with Gasteiger partial charge in [0.1, 0.15) is 0 Å². The van der Waals surface area contributed by atoms with E-state index in [0.29, 0.717) is 31.5 Å². The molecule has 3 heterocycles. The van der Waals surface area contributed by atoms with Crippen LogP contribution in [0.25, 0.3) is 10.2 Å². The highest BCUT2D eigenvalue weighted by Gasteiger charge is 2.35. The van der Waals surface area contributed by atoms with Crippen molar-refractivity contribution < 1.29 is 13.2 Å². The van der Waals surface area contributed by atoms with Crippen LogP contribution in [-0.4, -0.2) is 52.1 Å². The average Bonchev–Trinajstić information content (AvgIpc) is 3.25. The molecule has 142 valence electrons. The van der Waals surface area contributed by atoms with E-state index in [2.05, 4.69) is 9.97 Å². The zero-order chi connectivity index (χ0) is 19.2. The second kappa shape index (κ2) is 6.72. The molecule has 0 unspecified atom stereocenters. The van der Waals surface area contributed by atoms with Crippen molar-refractivity contribution in [2.45, 2.75) is 30.2 Å². The smallest absolute Gasteiger partial charge is 0.253 e. The fourth-order valence-electron chi connectivity index (χ4n) is 3.50. The standard InChI is InChI=1S/C18H20N4O3S2/c1-12-20-15-4-3-13(11-16(15)26-12)17(23)22-8-5-14(6-9-22)27(24,25)18-19-7-10-21(18)2/h3-4,7,10-11,14H,5-6,8-9H2,1-2H3. The summed E-state index contributed by atoms with van der Waals surface area (Å²) in [5, 5.41) is 0.558. The predicted molar refractivity (Wildman–Crippen MR) is 104 cm³/mol. The van der Waals surface area contributed by atoms with Crippen LogP contribution in [0.5, 0.6) is 0 Å². The first-order valence-electron chi connectivity index (χ1n) is 8.74. The molecule has 2 aromatic heterocycles. The molecular weight excluding hydrogens is 384 g/mol. The van der Waals surface area contributed by atoms with E-state index >= 15 is 0 Å². The summed E-state index contributed by atoms with van der Waals surface area (Å²) in [6.07, 6.45) is 3.96. The van der Waals surface area contributed by atoms with E-state index in [4.69, 9.17) is 0 Å². The van der Waals surface area contributed by atoms with Gasteiger partial charge in [-0.1, -0.05) is 0 Å². The van der Waals surface area contributed by atoms with E-state index in [1.54, 1.807) is 35.5 Å². The van der Waals surface area contributed by atoms with Crippen LogP contribution in [0.4, 0.5) is 0 Å². The number of carbonyl (C=O) groups is 1. The number of sulfone groups is 1. The Morgan fingerprint density at radius 3 is 2.67 bits per heavy atom. The van der Waals surface area contributed by atoms with E-state index in [9.17, 15) is 13.2 Å². The number of benzene rings is 1. The van der Waals surface area contributed by atoms with Gasteiger partial charge in [0, 0.05) is 38.1 Å². The molecule has 0 radical (unpaired) electrons. The number of hydrogen-bond donors (Lipinski definition) is 0. The van der Waals surface area contributed by atoms with Gasteiger partial charge >= 0.3 is 0 Å². The lowest BCUT2D eigenvalue weighted by atomic mass is 10.1. The molecule has 7 nitrogen and oxygen atoms in total. The van der Waals surface area contributed by atoms with E-state index in [1.165, 1.54) is 10.8 Å². The molecule has 1 aromatic carbocycles. The Kier molecular flexibility index (Phi) is 4.51. The van der Waals surface area contributed by atoms with Gasteiger partial charge in [0.25, 0.3) is 5.91 Å². The minimum Gasteiger partial charge on any atom is -0.339 e. The number of carbonyl (C=O) groups excluding carboxylic acids is 1. The number of piperidine rings is 1. The summed E-state index contributed by atoms with van der Waals surface area (Å²) in [5.74, 6) is -0.0595. The lowest BCUT2D eigenvalue weighted by Gasteiger charge is -2.31. The van der Waals surface area contributed by atoms with Crippen molar-refractivity contribution in [2.75, 3.05) is 13.1 Å². The summed E-state index contributed by atoms with van der Waals surface area (Å²) in [4.78, 5) is 23.0. The molecule has 1 aliphatic rings. The Labute approximate surface area is 161 Å². The summed E-state index contributed by atoms with van der Waals surface area (Å²) in [7, 11) is -1.81. The summed E-state index contributed by atoms with van der Waals surface area (Å²) in [6, 6.07) is 5.53. The van der Waals surface area contributed by atoms with Crippen LogP contribution in [0.15, 0.2) is 35.7 Å². The Bertz CT molecular complexity index is 1110. The van der Waals surface area contributed by atoms with E-state index in [-0.39, 0.29) is 11.1 Å². The third kappa shape index (κ3) is 3.25. The predicted octanol–water partition coefficient (Wildman–Crippen LogP) is 2.42. The SMILES string of the molecule is Cc1nc2ccc(C(=O)N3CCC(S(=O)(=O)c4nccn4C)CC3)cc2s1. The molecule has 1 aliphatic heterocycles. The van der Waals surface area contributed by atoms with Crippen LogP contribution in [0.2, 0.25) is 0 Å². The number of fused-ring (bicyclic) bond motifs is 1. The zero-order valence-electron chi connectivity index (χ0n) is 15.1. The maximum atomic E-state index is 12.8. The lowest BCUT2D eigenvalue weighted by molar-refractivity contribution is 0.0725. The van der Waals surface area contributed by atoms with Gasteiger partial charge in [-0.2, -0.15) is 0 Å². The van der Waals surface area contributed by atoms with Gasteiger partial charge in [0.2, 0.25) is 15.0 Å². The fraction of sp³-hybridized carbons (Fsp3) is 0.389. The van der Waals surface area contributed by atoms with Gasteiger partial charge in [-0.3, -0.25) is 4.79 Å². The van der Waals surface area contributed by atoms with Crippen LogP contribution in [0.1, 0.15) is 28.2 Å². The van der Waals surface area contributed by atoms with Crippen LogP contribution in [0.3, 0.4) is 0 Å². The van der Waals surface area contributed by atoms with Crippen molar-refractivity contribution >= 4 is 37.3 Å². The first-order chi connectivity index (χ1) is 12.9. The number of thiazole rings is 1. The molecule has 4 rings (SSSR count). The maximum Gasteiger partial charge on any atom is 0.253 e. The number of imidazole rings is 1.